The Balaban J connectivity index is 1.96. The number of benzene rings is 2. The fourth-order valence-corrected chi connectivity index (χ4v) is 2.01. The summed E-state index contributed by atoms with van der Waals surface area (Å²) in [5, 5.41) is 0.982. The molecule has 0 radical (unpaired) electrons. The molecule has 0 saturated heterocycles. The second-order valence-corrected chi connectivity index (χ2v) is 4.28. The van der Waals surface area contributed by atoms with E-state index in [-0.39, 0.29) is 5.56 Å². The van der Waals surface area contributed by atoms with E-state index in [9.17, 15) is 4.79 Å². The molecule has 3 aromatic rings. The van der Waals surface area contributed by atoms with Crippen LogP contribution in [0, 0.1) is 0 Å². The highest BCUT2D eigenvalue weighted by Crippen LogP contribution is 2.10. The van der Waals surface area contributed by atoms with Crippen LogP contribution in [-0.2, 0) is 6.61 Å². The topological polar surface area (TPSA) is 31.2 Å². The zero-order valence-corrected chi connectivity index (χ0v) is 10.3. The van der Waals surface area contributed by atoms with E-state index in [1.807, 2.05) is 54.6 Å². The molecule has 0 aliphatic carbocycles. The second-order valence-electron chi connectivity index (χ2n) is 4.28. The highest BCUT2D eigenvalue weighted by Gasteiger charge is 2.03. The van der Waals surface area contributed by atoms with E-state index in [0.717, 1.165) is 16.5 Å². The Bertz CT molecular complexity index is 747. The molecule has 1 heterocycles. The van der Waals surface area contributed by atoms with Crippen molar-refractivity contribution >= 4 is 10.9 Å². The van der Waals surface area contributed by atoms with Gasteiger partial charge in [-0.1, -0.05) is 48.5 Å². The minimum Gasteiger partial charge on any atom is -0.405 e. The molecule has 2 aromatic carbocycles. The van der Waals surface area contributed by atoms with Crippen LogP contribution in [0.25, 0.3) is 10.9 Å². The molecule has 0 N–H and O–H groups in total. The molecular weight excluding hydrogens is 238 g/mol. The van der Waals surface area contributed by atoms with Gasteiger partial charge in [0.25, 0.3) is 5.56 Å². The minimum absolute atomic E-state index is 0.158. The SMILES string of the molecule is O=c1ccc2ccccc2n1OCc1ccccc1. The quantitative estimate of drug-likeness (QED) is 0.716. The Kier molecular flexibility index (Phi) is 3.02. The zero-order valence-electron chi connectivity index (χ0n) is 10.3. The average molecular weight is 251 g/mol. The van der Waals surface area contributed by atoms with E-state index < -0.39 is 0 Å². The Morgan fingerprint density at radius 2 is 1.58 bits per heavy atom. The highest BCUT2D eigenvalue weighted by atomic mass is 16.7. The van der Waals surface area contributed by atoms with Crippen molar-refractivity contribution in [3.05, 3.63) is 82.6 Å². The molecule has 0 atom stereocenters. The molecular formula is C16H13NO2. The van der Waals surface area contributed by atoms with Crippen molar-refractivity contribution < 1.29 is 4.84 Å². The number of para-hydroxylation sites is 1. The molecule has 0 aliphatic heterocycles. The van der Waals surface area contributed by atoms with Crippen molar-refractivity contribution in [1.82, 2.24) is 4.73 Å². The van der Waals surface area contributed by atoms with E-state index in [0.29, 0.717) is 6.61 Å². The number of aromatic nitrogens is 1. The summed E-state index contributed by atoms with van der Waals surface area (Å²) in [5.41, 5.74) is 1.66. The van der Waals surface area contributed by atoms with Gasteiger partial charge in [0, 0.05) is 11.5 Å². The molecule has 0 saturated carbocycles. The van der Waals surface area contributed by atoms with Gasteiger partial charge in [-0.2, -0.15) is 0 Å². The lowest BCUT2D eigenvalue weighted by atomic mass is 10.2. The standard InChI is InChI=1S/C16H13NO2/c18-16-11-10-14-8-4-5-9-15(14)17(16)19-12-13-6-2-1-3-7-13/h1-11H,12H2. The molecule has 0 amide bonds. The summed E-state index contributed by atoms with van der Waals surface area (Å²) in [5.74, 6) is 0. The molecule has 0 spiro atoms. The molecule has 3 heteroatoms. The fraction of sp³-hybridized carbons (Fsp3) is 0.0625. The van der Waals surface area contributed by atoms with Crippen LogP contribution in [0.4, 0.5) is 0 Å². The molecule has 0 bridgehead atoms. The lowest BCUT2D eigenvalue weighted by Gasteiger charge is -2.11. The summed E-state index contributed by atoms with van der Waals surface area (Å²) >= 11 is 0. The Morgan fingerprint density at radius 1 is 0.842 bits per heavy atom. The smallest absolute Gasteiger partial charge is 0.283 e. The zero-order chi connectivity index (χ0) is 13.1. The molecule has 0 unspecified atom stereocenters. The molecule has 0 fully saturated rings. The van der Waals surface area contributed by atoms with Gasteiger partial charge >= 0.3 is 0 Å². The van der Waals surface area contributed by atoms with E-state index >= 15 is 0 Å². The van der Waals surface area contributed by atoms with Gasteiger partial charge in [0.2, 0.25) is 0 Å². The van der Waals surface area contributed by atoms with E-state index in [1.165, 1.54) is 10.8 Å². The molecule has 3 nitrogen and oxygen atoms in total. The number of hydrogen-bond donors (Lipinski definition) is 0. The highest BCUT2D eigenvalue weighted by molar-refractivity contribution is 5.78. The van der Waals surface area contributed by atoms with Crippen molar-refractivity contribution in [1.29, 1.82) is 0 Å². The number of fused-ring (bicyclic) bond motifs is 1. The molecule has 1 aromatic heterocycles. The van der Waals surface area contributed by atoms with Crippen LogP contribution < -0.4 is 10.4 Å². The maximum absolute atomic E-state index is 11.9. The first-order chi connectivity index (χ1) is 9.34. The van der Waals surface area contributed by atoms with Crippen molar-refractivity contribution in [2.24, 2.45) is 0 Å². The predicted molar refractivity (Wildman–Crippen MR) is 74.9 cm³/mol. The van der Waals surface area contributed by atoms with Crippen molar-refractivity contribution in [2.45, 2.75) is 6.61 Å². The second kappa shape index (κ2) is 4.98. The Labute approximate surface area is 110 Å². The van der Waals surface area contributed by atoms with Gasteiger partial charge in [0.15, 0.2) is 0 Å². The summed E-state index contributed by atoms with van der Waals surface area (Å²) in [6.45, 7) is 0.370. The van der Waals surface area contributed by atoms with Crippen molar-refractivity contribution in [2.75, 3.05) is 0 Å². The largest absolute Gasteiger partial charge is 0.405 e. The van der Waals surface area contributed by atoms with Crippen molar-refractivity contribution in [3.63, 3.8) is 0 Å². The fourth-order valence-electron chi connectivity index (χ4n) is 2.01. The Morgan fingerprint density at radius 3 is 2.42 bits per heavy atom. The first-order valence-corrected chi connectivity index (χ1v) is 6.12. The van der Waals surface area contributed by atoms with Gasteiger partial charge in [-0.05, 0) is 17.7 Å². The first-order valence-electron chi connectivity index (χ1n) is 6.12. The van der Waals surface area contributed by atoms with Crippen LogP contribution >= 0.6 is 0 Å². The van der Waals surface area contributed by atoms with Crippen LogP contribution in [-0.4, -0.2) is 4.73 Å². The van der Waals surface area contributed by atoms with E-state index in [2.05, 4.69) is 0 Å². The number of pyridine rings is 1. The summed E-state index contributed by atoms with van der Waals surface area (Å²) in [7, 11) is 0. The van der Waals surface area contributed by atoms with Gasteiger partial charge in [-0.25, -0.2) is 0 Å². The molecule has 19 heavy (non-hydrogen) atoms. The third-order valence-electron chi connectivity index (χ3n) is 2.96. The number of rotatable bonds is 3. The number of nitrogens with zero attached hydrogens (tertiary/aromatic N) is 1. The van der Waals surface area contributed by atoms with Crippen molar-refractivity contribution in [3.8, 4) is 0 Å². The third kappa shape index (κ3) is 2.36. The third-order valence-corrected chi connectivity index (χ3v) is 2.96. The van der Waals surface area contributed by atoms with Crippen LogP contribution in [0.5, 0.6) is 0 Å². The maximum Gasteiger partial charge on any atom is 0.283 e. The lowest BCUT2D eigenvalue weighted by molar-refractivity contribution is 0.0993. The minimum atomic E-state index is -0.158. The van der Waals surface area contributed by atoms with Crippen LogP contribution in [0.2, 0.25) is 0 Å². The van der Waals surface area contributed by atoms with Crippen LogP contribution in [0.15, 0.2) is 71.5 Å². The molecule has 3 rings (SSSR count). The summed E-state index contributed by atoms with van der Waals surface area (Å²) in [6, 6.07) is 20.8. The van der Waals surface area contributed by atoms with E-state index in [4.69, 9.17) is 4.84 Å². The molecule has 0 aliphatic rings. The summed E-state index contributed by atoms with van der Waals surface area (Å²) < 4.78 is 1.35. The van der Waals surface area contributed by atoms with Gasteiger partial charge < -0.3 is 4.84 Å². The maximum atomic E-state index is 11.9. The van der Waals surface area contributed by atoms with Gasteiger partial charge in [-0.3, -0.25) is 4.79 Å². The summed E-state index contributed by atoms with van der Waals surface area (Å²) in [4.78, 5) is 17.5. The van der Waals surface area contributed by atoms with Gasteiger partial charge in [0.1, 0.15) is 6.61 Å². The lowest BCUT2D eigenvalue weighted by Crippen LogP contribution is -2.26. The van der Waals surface area contributed by atoms with Crippen LogP contribution in [0.3, 0.4) is 0 Å². The number of hydrogen-bond acceptors (Lipinski definition) is 2. The average Bonchev–Trinajstić information content (AvgIpc) is 2.47. The van der Waals surface area contributed by atoms with E-state index in [1.54, 1.807) is 6.07 Å². The Hall–Kier alpha value is -2.55. The first kappa shape index (κ1) is 11.5. The predicted octanol–water partition coefficient (Wildman–Crippen LogP) is 2.63. The van der Waals surface area contributed by atoms with Gasteiger partial charge in [-0.15, -0.1) is 4.73 Å². The van der Waals surface area contributed by atoms with Crippen LogP contribution in [0.1, 0.15) is 5.56 Å². The molecule has 94 valence electrons. The van der Waals surface area contributed by atoms with Gasteiger partial charge in [0.05, 0.1) is 5.52 Å². The summed E-state index contributed by atoms with van der Waals surface area (Å²) in [6.07, 6.45) is 0. The normalized spacial score (nSPS) is 10.5. The monoisotopic (exact) mass is 251 g/mol.